The summed E-state index contributed by atoms with van der Waals surface area (Å²) >= 11 is 19.1. The summed E-state index contributed by atoms with van der Waals surface area (Å²) in [5, 5.41) is 5.29. The minimum absolute atomic E-state index is 0.165. The first kappa shape index (κ1) is 18.2. The molecule has 1 aromatic heterocycles. The maximum atomic E-state index is 12.5. The molecule has 1 amide bonds. The molecule has 0 saturated heterocycles. The third-order valence-electron chi connectivity index (χ3n) is 3.53. The zero-order valence-electron chi connectivity index (χ0n) is 13.1. The lowest BCUT2D eigenvalue weighted by atomic mass is 10.2. The van der Waals surface area contributed by atoms with Crippen molar-refractivity contribution < 1.29 is 4.79 Å². The van der Waals surface area contributed by atoms with E-state index in [1.807, 2.05) is 25.1 Å². The second kappa shape index (κ2) is 7.75. The van der Waals surface area contributed by atoms with Gasteiger partial charge < -0.3 is 5.32 Å². The van der Waals surface area contributed by atoms with E-state index in [9.17, 15) is 4.79 Å². The number of benzene rings is 2. The summed E-state index contributed by atoms with van der Waals surface area (Å²) in [5.41, 5.74) is 2.51. The van der Waals surface area contributed by atoms with Crippen LogP contribution in [0.15, 0.2) is 42.5 Å². The van der Waals surface area contributed by atoms with Gasteiger partial charge in [-0.2, -0.15) is 0 Å². The van der Waals surface area contributed by atoms with Gasteiger partial charge in [0.2, 0.25) is 0 Å². The predicted octanol–water partition coefficient (Wildman–Crippen LogP) is 6.01. The van der Waals surface area contributed by atoms with Gasteiger partial charge in [0.1, 0.15) is 9.88 Å². The van der Waals surface area contributed by atoms with E-state index in [0.717, 1.165) is 16.1 Å². The highest BCUT2D eigenvalue weighted by atomic mass is 35.5. The van der Waals surface area contributed by atoms with Crippen LogP contribution < -0.4 is 5.32 Å². The Hall–Kier alpha value is -1.59. The van der Waals surface area contributed by atoms with Gasteiger partial charge in [-0.05, 0) is 36.8 Å². The molecule has 2 aromatic carbocycles. The first-order chi connectivity index (χ1) is 11.9. The van der Waals surface area contributed by atoms with Crippen LogP contribution in [-0.2, 0) is 6.54 Å². The summed E-state index contributed by atoms with van der Waals surface area (Å²) in [7, 11) is 0. The summed E-state index contributed by atoms with van der Waals surface area (Å²) in [6, 6.07) is 12.7. The predicted molar refractivity (Wildman–Crippen MR) is 105 cm³/mol. The molecule has 0 unspecified atom stereocenters. The Bertz CT molecular complexity index is 923. The number of aromatic nitrogens is 1. The van der Waals surface area contributed by atoms with E-state index >= 15 is 0 Å². The molecule has 3 nitrogen and oxygen atoms in total. The molecule has 0 spiro atoms. The number of aryl methyl sites for hydroxylation is 1. The van der Waals surface area contributed by atoms with Crippen LogP contribution in [0, 0.1) is 6.92 Å². The molecular weight excluding hydrogens is 399 g/mol. The van der Waals surface area contributed by atoms with Crippen molar-refractivity contribution in [2.75, 3.05) is 0 Å². The Kier molecular flexibility index (Phi) is 5.64. The van der Waals surface area contributed by atoms with Crippen molar-refractivity contribution in [2.45, 2.75) is 13.5 Å². The molecular formula is C18H13Cl3N2OS. The number of hydrogen-bond donors (Lipinski definition) is 1. The Labute approximate surface area is 164 Å². The molecule has 0 aliphatic heterocycles. The monoisotopic (exact) mass is 410 g/mol. The first-order valence-electron chi connectivity index (χ1n) is 7.39. The topological polar surface area (TPSA) is 42.0 Å². The number of nitrogens with zero attached hydrogens (tertiary/aromatic N) is 1. The normalized spacial score (nSPS) is 10.7. The second-order valence-corrected chi connectivity index (χ2v) is 7.62. The first-order valence-corrected chi connectivity index (χ1v) is 9.34. The number of nitrogens with one attached hydrogen (secondary N) is 1. The zero-order valence-corrected chi connectivity index (χ0v) is 16.2. The number of amides is 1. The minimum atomic E-state index is -0.165. The fraction of sp³-hybridized carbons (Fsp3) is 0.111. The molecule has 3 aromatic rings. The van der Waals surface area contributed by atoms with Gasteiger partial charge in [-0.25, -0.2) is 4.98 Å². The number of halogens is 3. The van der Waals surface area contributed by atoms with Gasteiger partial charge in [0.15, 0.2) is 0 Å². The third kappa shape index (κ3) is 4.33. The van der Waals surface area contributed by atoms with Gasteiger partial charge in [0.25, 0.3) is 5.91 Å². The zero-order chi connectivity index (χ0) is 18.0. The number of rotatable bonds is 4. The van der Waals surface area contributed by atoms with E-state index in [0.29, 0.717) is 32.2 Å². The number of hydrogen-bond acceptors (Lipinski definition) is 3. The van der Waals surface area contributed by atoms with Gasteiger partial charge >= 0.3 is 0 Å². The Morgan fingerprint density at radius 1 is 1.08 bits per heavy atom. The fourth-order valence-corrected chi connectivity index (χ4v) is 3.67. The van der Waals surface area contributed by atoms with E-state index in [2.05, 4.69) is 10.3 Å². The lowest BCUT2D eigenvalue weighted by molar-refractivity contribution is 0.0954. The van der Waals surface area contributed by atoms with Gasteiger partial charge in [0, 0.05) is 17.1 Å². The average molecular weight is 412 g/mol. The van der Waals surface area contributed by atoms with E-state index < -0.39 is 0 Å². The largest absolute Gasteiger partial charge is 0.347 e. The average Bonchev–Trinajstić information content (AvgIpc) is 2.98. The van der Waals surface area contributed by atoms with E-state index in [1.54, 1.807) is 24.3 Å². The quantitative estimate of drug-likeness (QED) is 0.571. The molecule has 7 heteroatoms. The van der Waals surface area contributed by atoms with Crippen LogP contribution in [0.4, 0.5) is 0 Å². The summed E-state index contributed by atoms with van der Waals surface area (Å²) in [4.78, 5) is 17.5. The van der Waals surface area contributed by atoms with Crippen LogP contribution >= 0.6 is 46.1 Å². The maximum Gasteiger partial charge on any atom is 0.263 e. The van der Waals surface area contributed by atoms with Crippen LogP contribution in [0.2, 0.25) is 15.1 Å². The van der Waals surface area contributed by atoms with Crippen molar-refractivity contribution in [3.63, 3.8) is 0 Å². The Morgan fingerprint density at radius 2 is 1.80 bits per heavy atom. The lowest BCUT2D eigenvalue weighted by Gasteiger charge is -2.05. The Balaban J connectivity index is 1.74. The van der Waals surface area contributed by atoms with Gasteiger partial charge in [-0.15, -0.1) is 11.3 Å². The third-order valence-corrected chi connectivity index (χ3v) is 5.73. The SMILES string of the molecule is Cc1nc(-c2ccc(Cl)cc2)sc1C(=O)NCc1ccc(Cl)c(Cl)c1. The van der Waals surface area contributed by atoms with Crippen molar-refractivity contribution in [3.05, 3.63) is 73.7 Å². The number of thiazole rings is 1. The number of carbonyl (C=O) groups excluding carboxylic acids is 1. The highest BCUT2D eigenvalue weighted by Crippen LogP contribution is 2.29. The lowest BCUT2D eigenvalue weighted by Crippen LogP contribution is -2.22. The fourth-order valence-electron chi connectivity index (χ4n) is 2.24. The minimum Gasteiger partial charge on any atom is -0.347 e. The molecule has 25 heavy (non-hydrogen) atoms. The van der Waals surface area contributed by atoms with E-state index in [4.69, 9.17) is 34.8 Å². The highest BCUT2D eigenvalue weighted by molar-refractivity contribution is 7.17. The van der Waals surface area contributed by atoms with Crippen molar-refractivity contribution in [1.82, 2.24) is 10.3 Å². The van der Waals surface area contributed by atoms with Crippen molar-refractivity contribution in [1.29, 1.82) is 0 Å². The molecule has 0 fully saturated rings. The van der Waals surface area contributed by atoms with Crippen molar-refractivity contribution >= 4 is 52.0 Å². The van der Waals surface area contributed by atoms with Gasteiger partial charge in [-0.1, -0.05) is 53.0 Å². The second-order valence-electron chi connectivity index (χ2n) is 5.37. The van der Waals surface area contributed by atoms with Crippen molar-refractivity contribution in [2.24, 2.45) is 0 Å². The molecule has 0 atom stereocenters. The molecule has 0 saturated carbocycles. The van der Waals surface area contributed by atoms with Crippen LogP contribution in [0.5, 0.6) is 0 Å². The molecule has 0 aliphatic rings. The van der Waals surface area contributed by atoms with Crippen LogP contribution in [0.25, 0.3) is 10.6 Å². The molecule has 0 bridgehead atoms. The molecule has 3 rings (SSSR count). The maximum absolute atomic E-state index is 12.5. The molecule has 0 aliphatic carbocycles. The van der Waals surface area contributed by atoms with Gasteiger partial charge in [0.05, 0.1) is 15.7 Å². The summed E-state index contributed by atoms with van der Waals surface area (Å²) in [5.74, 6) is -0.165. The molecule has 0 radical (unpaired) electrons. The molecule has 1 N–H and O–H groups in total. The smallest absolute Gasteiger partial charge is 0.263 e. The summed E-state index contributed by atoms with van der Waals surface area (Å²) < 4.78 is 0. The van der Waals surface area contributed by atoms with Gasteiger partial charge in [-0.3, -0.25) is 4.79 Å². The van der Waals surface area contributed by atoms with Crippen molar-refractivity contribution in [3.8, 4) is 10.6 Å². The summed E-state index contributed by atoms with van der Waals surface area (Å²) in [6.07, 6.45) is 0. The highest BCUT2D eigenvalue weighted by Gasteiger charge is 2.16. The van der Waals surface area contributed by atoms with Crippen LogP contribution in [0.3, 0.4) is 0 Å². The van der Waals surface area contributed by atoms with Crippen LogP contribution in [0.1, 0.15) is 20.9 Å². The van der Waals surface area contributed by atoms with Crippen LogP contribution in [-0.4, -0.2) is 10.9 Å². The summed E-state index contributed by atoms with van der Waals surface area (Å²) in [6.45, 7) is 2.19. The van der Waals surface area contributed by atoms with E-state index in [-0.39, 0.29) is 5.91 Å². The molecule has 1 heterocycles. The standard InChI is InChI=1S/C18H13Cl3N2OS/c1-10-16(25-18(23-10)12-3-5-13(19)6-4-12)17(24)22-9-11-2-7-14(20)15(21)8-11/h2-8H,9H2,1H3,(H,22,24). The Morgan fingerprint density at radius 3 is 2.48 bits per heavy atom. The van der Waals surface area contributed by atoms with E-state index in [1.165, 1.54) is 11.3 Å². The molecule has 128 valence electrons. The number of carbonyl (C=O) groups is 1.